The number of benzene rings is 1. The Balaban J connectivity index is 2.99. The molecule has 0 heterocycles. The third kappa shape index (κ3) is 4.56. The Morgan fingerprint density at radius 1 is 1.37 bits per heavy atom. The van der Waals surface area contributed by atoms with E-state index in [1.54, 1.807) is 6.07 Å². The number of anilines is 1. The van der Waals surface area contributed by atoms with E-state index in [0.29, 0.717) is 17.2 Å². The molecule has 4 nitrogen and oxygen atoms in total. The summed E-state index contributed by atoms with van der Waals surface area (Å²) in [6, 6.07) is 5.71. The van der Waals surface area contributed by atoms with Gasteiger partial charge in [0.05, 0.1) is 5.56 Å². The average Bonchev–Trinajstić information content (AvgIpc) is 2.29. The number of rotatable bonds is 6. The van der Waals surface area contributed by atoms with Crippen LogP contribution in [0.4, 0.5) is 5.69 Å². The van der Waals surface area contributed by atoms with Crippen molar-refractivity contribution in [1.82, 2.24) is 4.90 Å². The maximum atomic E-state index is 11.3. The number of aryl methyl sites for hydroxylation is 1. The van der Waals surface area contributed by atoms with Gasteiger partial charge in [0.2, 0.25) is 0 Å². The van der Waals surface area contributed by atoms with Crippen molar-refractivity contribution < 1.29 is 9.90 Å². The fourth-order valence-electron chi connectivity index (χ4n) is 1.98. The van der Waals surface area contributed by atoms with Crippen LogP contribution in [0, 0.1) is 12.8 Å². The van der Waals surface area contributed by atoms with Crippen molar-refractivity contribution in [2.75, 3.05) is 26.0 Å². The molecule has 19 heavy (non-hydrogen) atoms. The molecule has 0 aromatic heterocycles. The van der Waals surface area contributed by atoms with Crippen LogP contribution in [-0.4, -0.2) is 42.7 Å². The smallest absolute Gasteiger partial charge is 0.337 e. The lowest BCUT2D eigenvalue weighted by Gasteiger charge is -2.27. The maximum absolute atomic E-state index is 11.3. The quantitative estimate of drug-likeness (QED) is 0.829. The fraction of sp³-hybridized carbons (Fsp3) is 0.533. The molecule has 1 aromatic rings. The molecule has 4 heteroatoms. The minimum absolute atomic E-state index is 0.218. The molecule has 1 aromatic carbocycles. The van der Waals surface area contributed by atoms with E-state index in [2.05, 4.69) is 24.1 Å². The highest BCUT2D eigenvalue weighted by Gasteiger charge is 2.17. The summed E-state index contributed by atoms with van der Waals surface area (Å²) in [5.41, 5.74) is 1.99. The SMILES string of the molecule is Cc1ccc(NC(CN(C)C)C(C)C)c(C(=O)O)c1. The first-order valence-corrected chi connectivity index (χ1v) is 6.56. The second kappa shape index (κ2) is 6.57. The Labute approximate surface area is 115 Å². The zero-order chi connectivity index (χ0) is 14.6. The number of aromatic carboxylic acids is 1. The second-order valence-electron chi connectivity index (χ2n) is 5.61. The van der Waals surface area contributed by atoms with Gasteiger partial charge in [-0.1, -0.05) is 25.5 Å². The van der Waals surface area contributed by atoms with Gasteiger partial charge in [-0.25, -0.2) is 4.79 Å². The average molecular weight is 264 g/mol. The number of hydrogen-bond donors (Lipinski definition) is 2. The molecule has 0 bridgehead atoms. The molecule has 0 aliphatic carbocycles. The van der Waals surface area contributed by atoms with Crippen LogP contribution in [0.5, 0.6) is 0 Å². The predicted molar refractivity (Wildman–Crippen MR) is 78.9 cm³/mol. The van der Waals surface area contributed by atoms with E-state index in [4.69, 9.17) is 0 Å². The van der Waals surface area contributed by atoms with E-state index in [1.165, 1.54) is 0 Å². The van der Waals surface area contributed by atoms with E-state index in [1.807, 2.05) is 33.2 Å². The zero-order valence-corrected chi connectivity index (χ0v) is 12.4. The van der Waals surface area contributed by atoms with Gasteiger partial charge in [0.25, 0.3) is 0 Å². The van der Waals surface area contributed by atoms with Gasteiger partial charge in [-0.15, -0.1) is 0 Å². The molecule has 0 saturated heterocycles. The van der Waals surface area contributed by atoms with Gasteiger partial charge in [-0.05, 0) is 39.1 Å². The molecule has 0 saturated carbocycles. The van der Waals surface area contributed by atoms with Gasteiger partial charge in [0.15, 0.2) is 0 Å². The highest BCUT2D eigenvalue weighted by molar-refractivity contribution is 5.94. The van der Waals surface area contributed by atoms with Crippen LogP contribution in [0.2, 0.25) is 0 Å². The minimum atomic E-state index is -0.890. The zero-order valence-electron chi connectivity index (χ0n) is 12.4. The lowest BCUT2D eigenvalue weighted by atomic mass is 10.0. The van der Waals surface area contributed by atoms with Crippen molar-refractivity contribution in [3.63, 3.8) is 0 Å². The molecule has 2 N–H and O–H groups in total. The number of hydrogen-bond acceptors (Lipinski definition) is 3. The summed E-state index contributed by atoms with van der Waals surface area (Å²) in [5, 5.41) is 12.6. The molecule has 0 aliphatic rings. The third-order valence-corrected chi connectivity index (χ3v) is 3.11. The van der Waals surface area contributed by atoms with E-state index < -0.39 is 5.97 Å². The lowest BCUT2D eigenvalue weighted by Crippen LogP contribution is -2.36. The van der Waals surface area contributed by atoms with Crippen LogP contribution in [-0.2, 0) is 0 Å². The third-order valence-electron chi connectivity index (χ3n) is 3.11. The Morgan fingerprint density at radius 2 is 2.00 bits per heavy atom. The molecule has 1 unspecified atom stereocenters. The van der Waals surface area contributed by atoms with Crippen LogP contribution >= 0.6 is 0 Å². The summed E-state index contributed by atoms with van der Waals surface area (Å²) in [6.45, 7) is 7.03. The van der Waals surface area contributed by atoms with E-state index in [-0.39, 0.29) is 6.04 Å². The maximum Gasteiger partial charge on any atom is 0.337 e. The van der Waals surface area contributed by atoms with Gasteiger partial charge in [0, 0.05) is 18.3 Å². The number of carbonyl (C=O) groups is 1. The van der Waals surface area contributed by atoms with Crippen molar-refractivity contribution in [2.45, 2.75) is 26.8 Å². The van der Waals surface area contributed by atoms with Crippen LogP contribution in [0.15, 0.2) is 18.2 Å². The first kappa shape index (κ1) is 15.5. The Bertz CT molecular complexity index is 442. The first-order chi connectivity index (χ1) is 8.81. The molecular formula is C15H24N2O2. The van der Waals surface area contributed by atoms with Gasteiger partial charge < -0.3 is 15.3 Å². The molecule has 0 amide bonds. The second-order valence-corrected chi connectivity index (χ2v) is 5.61. The summed E-state index contributed by atoms with van der Waals surface area (Å²) < 4.78 is 0. The normalized spacial score (nSPS) is 12.8. The van der Waals surface area contributed by atoms with Crippen molar-refractivity contribution in [3.8, 4) is 0 Å². The van der Waals surface area contributed by atoms with Gasteiger partial charge >= 0.3 is 5.97 Å². The monoisotopic (exact) mass is 264 g/mol. The highest BCUT2D eigenvalue weighted by Crippen LogP contribution is 2.20. The number of carboxylic acids is 1. The van der Waals surface area contributed by atoms with Crippen LogP contribution in [0.3, 0.4) is 0 Å². The first-order valence-electron chi connectivity index (χ1n) is 6.56. The lowest BCUT2D eigenvalue weighted by molar-refractivity contribution is 0.0697. The minimum Gasteiger partial charge on any atom is -0.478 e. The van der Waals surface area contributed by atoms with Gasteiger partial charge in [-0.3, -0.25) is 0 Å². The molecule has 0 radical (unpaired) electrons. The van der Waals surface area contributed by atoms with Crippen LogP contribution in [0.1, 0.15) is 29.8 Å². The number of likely N-dealkylation sites (N-methyl/N-ethyl adjacent to an activating group) is 1. The van der Waals surface area contributed by atoms with E-state index in [0.717, 1.165) is 12.1 Å². The molecule has 106 valence electrons. The Hall–Kier alpha value is -1.55. The molecular weight excluding hydrogens is 240 g/mol. The van der Waals surface area contributed by atoms with Crippen molar-refractivity contribution in [2.24, 2.45) is 5.92 Å². The Kier molecular flexibility index (Phi) is 5.36. The molecule has 0 spiro atoms. The van der Waals surface area contributed by atoms with Crippen molar-refractivity contribution in [3.05, 3.63) is 29.3 Å². The Morgan fingerprint density at radius 3 is 2.47 bits per heavy atom. The molecule has 1 rings (SSSR count). The fourth-order valence-corrected chi connectivity index (χ4v) is 1.98. The number of nitrogens with zero attached hydrogens (tertiary/aromatic N) is 1. The molecule has 0 fully saturated rings. The van der Waals surface area contributed by atoms with Crippen LogP contribution in [0.25, 0.3) is 0 Å². The largest absolute Gasteiger partial charge is 0.478 e. The summed E-state index contributed by atoms with van der Waals surface area (Å²) in [7, 11) is 4.04. The summed E-state index contributed by atoms with van der Waals surface area (Å²) in [6.07, 6.45) is 0. The number of nitrogens with one attached hydrogen (secondary N) is 1. The van der Waals surface area contributed by atoms with E-state index >= 15 is 0 Å². The van der Waals surface area contributed by atoms with Crippen molar-refractivity contribution in [1.29, 1.82) is 0 Å². The highest BCUT2D eigenvalue weighted by atomic mass is 16.4. The van der Waals surface area contributed by atoms with Gasteiger partial charge in [-0.2, -0.15) is 0 Å². The molecule has 0 aliphatic heterocycles. The van der Waals surface area contributed by atoms with Crippen LogP contribution < -0.4 is 5.32 Å². The predicted octanol–water partition coefficient (Wildman–Crippen LogP) is 2.69. The van der Waals surface area contributed by atoms with Crippen molar-refractivity contribution >= 4 is 11.7 Å². The summed E-state index contributed by atoms with van der Waals surface area (Å²) >= 11 is 0. The summed E-state index contributed by atoms with van der Waals surface area (Å²) in [5.74, 6) is -0.469. The molecule has 1 atom stereocenters. The van der Waals surface area contributed by atoms with Gasteiger partial charge in [0.1, 0.15) is 0 Å². The topological polar surface area (TPSA) is 52.6 Å². The summed E-state index contributed by atoms with van der Waals surface area (Å²) in [4.78, 5) is 13.4. The van der Waals surface area contributed by atoms with E-state index in [9.17, 15) is 9.90 Å². The standard InChI is InChI=1S/C15H24N2O2/c1-10(2)14(9-17(4)5)16-13-7-6-11(3)8-12(13)15(18)19/h6-8,10,14,16H,9H2,1-5H3,(H,18,19). The number of carboxylic acid groups (broad SMARTS) is 1.